The Balaban J connectivity index is 2.78. The maximum atomic E-state index is 11.3. The SMILES string of the molecule is O=CNC(CCC(O)(P(=O)(O)O)P(=O)(O)O)OCc1ccccc1. The summed E-state index contributed by atoms with van der Waals surface area (Å²) in [5.74, 6) is 0. The molecule has 0 aliphatic carbocycles. The number of hydrogen-bond donors (Lipinski definition) is 6. The van der Waals surface area contributed by atoms with E-state index in [0.717, 1.165) is 5.56 Å². The van der Waals surface area contributed by atoms with Crippen LogP contribution in [0.15, 0.2) is 30.3 Å². The first-order chi connectivity index (χ1) is 11.0. The van der Waals surface area contributed by atoms with Crippen molar-refractivity contribution >= 4 is 21.6 Å². The van der Waals surface area contributed by atoms with Crippen molar-refractivity contribution in [1.29, 1.82) is 0 Å². The lowest BCUT2D eigenvalue weighted by atomic mass is 10.2. The third-order valence-corrected chi connectivity index (χ3v) is 7.10. The van der Waals surface area contributed by atoms with E-state index in [1.807, 2.05) is 0 Å². The number of rotatable bonds is 10. The van der Waals surface area contributed by atoms with Crippen molar-refractivity contribution in [2.45, 2.75) is 30.8 Å². The largest absolute Gasteiger partial charge is 0.369 e. The molecule has 1 atom stereocenters. The van der Waals surface area contributed by atoms with Crippen molar-refractivity contribution in [3.8, 4) is 0 Å². The number of carbonyl (C=O) groups excluding carboxylic acids is 1. The molecule has 0 aliphatic heterocycles. The van der Waals surface area contributed by atoms with E-state index in [2.05, 4.69) is 5.32 Å². The van der Waals surface area contributed by atoms with Crippen molar-refractivity contribution in [3.63, 3.8) is 0 Å². The quantitative estimate of drug-likeness (QED) is 0.185. The van der Waals surface area contributed by atoms with E-state index < -0.39 is 39.3 Å². The van der Waals surface area contributed by atoms with E-state index >= 15 is 0 Å². The molecule has 24 heavy (non-hydrogen) atoms. The zero-order valence-electron chi connectivity index (χ0n) is 12.4. The normalized spacial score (nSPS) is 14.2. The summed E-state index contributed by atoms with van der Waals surface area (Å²) in [7, 11) is -11.1. The molecule has 0 heterocycles. The Bertz CT molecular complexity index is 605. The van der Waals surface area contributed by atoms with Gasteiger partial charge in [-0.05, 0) is 12.0 Å². The number of aliphatic hydroxyl groups is 1. The van der Waals surface area contributed by atoms with Gasteiger partial charge in [-0.25, -0.2) is 0 Å². The molecule has 0 saturated carbocycles. The van der Waals surface area contributed by atoms with Gasteiger partial charge in [0.15, 0.2) is 0 Å². The maximum absolute atomic E-state index is 11.3. The van der Waals surface area contributed by atoms with Gasteiger partial charge in [0.05, 0.1) is 6.61 Å². The summed E-state index contributed by atoms with van der Waals surface area (Å²) in [6, 6.07) is 8.76. The van der Waals surface area contributed by atoms with E-state index in [1.54, 1.807) is 30.3 Å². The second-order valence-electron chi connectivity index (χ2n) is 4.97. The molecule has 0 aromatic heterocycles. The second kappa shape index (κ2) is 8.33. The van der Waals surface area contributed by atoms with Crippen molar-refractivity contribution in [3.05, 3.63) is 35.9 Å². The molecule has 1 rings (SSSR count). The Labute approximate surface area is 137 Å². The highest BCUT2D eigenvalue weighted by Crippen LogP contribution is 2.69. The van der Waals surface area contributed by atoms with E-state index in [0.29, 0.717) is 0 Å². The molecule has 0 spiro atoms. The van der Waals surface area contributed by atoms with E-state index in [1.165, 1.54) is 0 Å². The number of ether oxygens (including phenoxy) is 1. The van der Waals surface area contributed by atoms with Gasteiger partial charge in [0.1, 0.15) is 6.23 Å². The molecule has 1 aromatic carbocycles. The van der Waals surface area contributed by atoms with Crippen LogP contribution in [-0.2, 0) is 25.3 Å². The first-order valence-electron chi connectivity index (χ1n) is 6.70. The van der Waals surface area contributed by atoms with Crippen LogP contribution in [-0.4, -0.2) is 42.4 Å². The van der Waals surface area contributed by atoms with Gasteiger partial charge in [-0.2, -0.15) is 0 Å². The molecule has 1 aromatic rings. The van der Waals surface area contributed by atoms with E-state index in [-0.39, 0.29) is 13.0 Å². The molecular formula is C12H19NO9P2. The van der Waals surface area contributed by atoms with Crippen LogP contribution >= 0.6 is 15.2 Å². The molecule has 1 amide bonds. The van der Waals surface area contributed by atoms with Gasteiger partial charge in [0.25, 0.3) is 5.08 Å². The van der Waals surface area contributed by atoms with Gasteiger partial charge in [0.2, 0.25) is 6.41 Å². The fourth-order valence-electron chi connectivity index (χ4n) is 1.85. The second-order valence-corrected chi connectivity index (χ2v) is 8.98. The third kappa shape index (κ3) is 5.47. The summed E-state index contributed by atoms with van der Waals surface area (Å²) in [4.78, 5) is 46.8. The van der Waals surface area contributed by atoms with Gasteiger partial charge in [-0.3, -0.25) is 13.9 Å². The van der Waals surface area contributed by atoms with Crippen LogP contribution in [0, 0.1) is 0 Å². The fourth-order valence-corrected chi connectivity index (χ4v) is 4.05. The van der Waals surface area contributed by atoms with Crippen LogP contribution < -0.4 is 5.32 Å². The molecule has 12 heteroatoms. The number of nitrogens with one attached hydrogen (secondary N) is 1. The molecule has 0 bridgehead atoms. The predicted molar refractivity (Wildman–Crippen MR) is 82.5 cm³/mol. The monoisotopic (exact) mass is 383 g/mol. The lowest BCUT2D eigenvalue weighted by Crippen LogP contribution is -2.35. The lowest BCUT2D eigenvalue weighted by molar-refractivity contribution is -0.114. The van der Waals surface area contributed by atoms with Crippen LogP contribution in [0.3, 0.4) is 0 Å². The minimum atomic E-state index is -5.54. The van der Waals surface area contributed by atoms with E-state index in [9.17, 15) is 19.0 Å². The van der Waals surface area contributed by atoms with Crippen LogP contribution in [0.5, 0.6) is 0 Å². The Kier molecular flexibility index (Phi) is 7.27. The van der Waals surface area contributed by atoms with Crippen molar-refractivity contribution in [2.75, 3.05) is 0 Å². The van der Waals surface area contributed by atoms with E-state index in [4.69, 9.17) is 24.3 Å². The minimum Gasteiger partial charge on any atom is -0.368 e. The summed E-state index contributed by atoms with van der Waals surface area (Å²) < 4.78 is 27.9. The summed E-state index contributed by atoms with van der Waals surface area (Å²) in [5.41, 5.74) is 0.746. The van der Waals surface area contributed by atoms with Crippen molar-refractivity contribution < 1.29 is 43.3 Å². The highest BCUT2D eigenvalue weighted by atomic mass is 31.2. The van der Waals surface area contributed by atoms with Gasteiger partial charge in [-0.15, -0.1) is 0 Å². The highest BCUT2D eigenvalue weighted by molar-refractivity contribution is 7.72. The average Bonchev–Trinajstić information content (AvgIpc) is 2.48. The summed E-state index contributed by atoms with van der Waals surface area (Å²) >= 11 is 0. The van der Waals surface area contributed by atoms with Gasteiger partial charge < -0.3 is 34.7 Å². The molecular weight excluding hydrogens is 364 g/mol. The summed E-state index contributed by atoms with van der Waals surface area (Å²) in [6.45, 7) is 0.0383. The molecule has 0 radical (unpaired) electrons. The van der Waals surface area contributed by atoms with Gasteiger partial charge in [-0.1, -0.05) is 30.3 Å². The number of carbonyl (C=O) groups is 1. The fraction of sp³-hybridized carbons (Fsp3) is 0.417. The predicted octanol–water partition coefficient (Wildman–Crippen LogP) is 0.0570. The standard InChI is InChI=1S/C12H19NO9P2/c14-9-13-11(22-8-10-4-2-1-3-5-10)6-7-12(15,23(16,17)18)24(19,20)21/h1-5,9,11,15H,6-8H2,(H,13,14)(H2,16,17,18)(H2,19,20,21). The zero-order valence-corrected chi connectivity index (χ0v) is 14.2. The molecule has 1 unspecified atom stereocenters. The average molecular weight is 383 g/mol. The smallest absolute Gasteiger partial charge is 0.368 e. The molecule has 6 N–H and O–H groups in total. The first kappa shape index (κ1) is 21.0. The molecule has 0 fully saturated rings. The Morgan fingerprint density at radius 2 is 1.67 bits per heavy atom. The minimum absolute atomic E-state index is 0.0383. The summed E-state index contributed by atoms with van der Waals surface area (Å²) in [6.07, 6.45) is -2.25. The van der Waals surface area contributed by atoms with Crippen molar-refractivity contribution in [1.82, 2.24) is 5.32 Å². The number of benzene rings is 1. The van der Waals surface area contributed by atoms with Gasteiger partial charge >= 0.3 is 15.2 Å². The highest BCUT2D eigenvalue weighted by Gasteiger charge is 2.59. The molecule has 0 saturated heterocycles. The van der Waals surface area contributed by atoms with Crippen LogP contribution in [0.1, 0.15) is 18.4 Å². The Hall–Kier alpha value is -1.09. The Morgan fingerprint density at radius 1 is 1.12 bits per heavy atom. The molecule has 0 aliphatic rings. The lowest BCUT2D eigenvalue weighted by Gasteiger charge is -2.30. The summed E-state index contributed by atoms with van der Waals surface area (Å²) in [5, 5.41) is 8.45. The van der Waals surface area contributed by atoms with Crippen LogP contribution in [0.25, 0.3) is 0 Å². The maximum Gasteiger partial charge on any atom is 0.369 e. The topological polar surface area (TPSA) is 174 Å². The van der Waals surface area contributed by atoms with Crippen molar-refractivity contribution in [2.24, 2.45) is 0 Å². The molecule has 10 nitrogen and oxygen atoms in total. The third-order valence-electron chi connectivity index (χ3n) is 3.22. The number of amides is 1. The first-order valence-corrected chi connectivity index (χ1v) is 9.92. The Morgan fingerprint density at radius 3 is 2.12 bits per heavy atom. The molecule has 136 valence electrons. The van der Waals surface area contributed by atoms with Gasteiger partial charge in [0, 0.05) is 6.42 Å². The number of hydrogen-bond acceptors (Lipinski definition) is 5. The van der Waals surface area contributed by atoms with Crippen LogP contribution in [0.4, 0.5) is 0 Å². The zero-order chi connectivity index (χ0) is 18.4. The van der Waals surface area contributed by atoms with Crippen LogP contribution in [0.2, 0.25) is 0 Å².